The Hall–Kier alpha value is -1.43. The number of hydroxylamine groups is 3. The van der Waals surface area contributed by atoms with E-state index in [1.807, 2.05) is 17.9 Å². The van der Waals surface area contributed by atoms with Crippen LogP contribution in [0.2, 0.25) is 0 Å². The number of quaternary nitrogens is 1. The molecule has 0 N–H and O–H groups in total. The molecule has 0 spiro atoms. The monoisotopic (exact) mass is 491 g/mol. The van der Waals surface area contributed by atoms with E-state index in [4.69, 9.17) is 0 Å². The van der Waals surface area contributed by atoms with E-state index in [0.717, 1.165) is 38.5 Å². The van der Waals surface area contributed by atoms with Gasteiger partial charge in [0.05, 0.1) is 27.2 Å². The van der Waals surface area contributed by atoms with E-state index in [0.29, 0.717) is 26.1 Å². The normalized spacial score (nSPS) is 11.8. The van der Waals surface area contributed by atoms with Crippen LogP contribution in [0.4, 0.5) is 0 Å². The van der Waals surface area contributed by atoms with E-state index in [1.165, 1.54) is 31.4 Å². The molecule has 0 aromatic heterocycles. The van der Waals surface area contributed by atoms with Gasteiger partial charge in [0.25, 0.3) is 0 Å². The molecule has 0 saturated heterocycles. The molecular formula is C30H57N3O2. The van der Waals surface area contributed by atoms with E-state index in [-0.39, 0.29) is 16.0 Å². The fourth-order valence-corrected chi connectivity index (χ4v) is 4.41. The Morgan fingerprint density at radius 3 is 1.83 bits per heavy atom. The van der Waals surface area contributed by atoms with Crippen LogP contribution in [0.1, 0.15) is 97.5 Å². The van der Waals surface area contributed by atoms with Gasteiger partial charge in [-0.1, -0.05) is 89.6 Å². The summed E-state index contributed by atoms with van der Waals surface area (Å²) >= 11 is 0. The van der Waals surface area contributed by atoms with Gasteiger partial charge in [0.15, 0.2) is 0 Å². The van der Waals surface area contributed by atoms with Gasteiger partial charge in [0.1, 0.15) is 0 Å². The number of hydrogen-bond donors (Lipinski definition) is 0. The number of nitrogens with zero attached hydrogens (tertiary/aromatic N) is 3. The first-order valence-electron chi connectivity index (χ1n) is 14.1. The van der Waals surface area contributed by atoms with Crippen LogP contribution >= 0.6 is 0 Å². The van der Waals surface area contributed by atoms with Gasteiger partial charge in [-0.25, -0.2) is 0 Å². The van der Waals surface area contributed by atoms with E-state index in [9.17, 15) is 10.0 Å². The van der Waals surface area contributed by atoms with Gasteiger partial charge in [0.2, 0.25) is 5.91 Å². The van der Waals surface area contributed by atoms with Gasteiger partial charge in [-0.3, -0.25) is 4.79 Å². The quantitative estimate of drug-likeness (QED) is 0.136. The molecule has 0 unspecified atom stereocenters. The zero-order valence-corrected chi connectivity index (χ0v) is 24.4. The maximum absolute atomic E-state index is 13.2. The van der Waals surface area contributed by atoms with Crippen LogP contribution in [-0.2, 0) is 10.2 Å². The van der Waals surface area contributed by atoms with Gasteiger partial charge in [-0.05, 0) is 52.4 Å². The van der Waals surface area contributed by atoms with Crippen molar-refractivity contribution in [2.75, 3.05) is 54.4 Å². The zero-order chi connectivity index (χ0) is 26.7. The highest BCUT2D eigenvalue weighted by molar-refractivity contribution is 5.78. The van der Waals surface area contributed by atoms with Gasteiger partial charge < -0.3 is 19.7 Å². The van der Waals surface area contributed by atoms with Gasteiger partial charge in [-0.2, -0.15) is 0 Å². The Morgan fingerprint density at radius 2 is 1.40 bits per heavy atom. The van der Waals surface area contributed by atoms with Crippen molar-refractivity contribution in [2.24, 2.45) is 0 Å². The molecule has 1 aromatic carbocycles. The minimum atomic E-state index is -0.362. The van der Waals surface area contributed by atoms with Crippen molar-refractivity contribution in [1.82, 2.24) is 9.80 Å². The molecule has 0 aliphatic rings. The van der Waals surface area contributed by atoms with Crippen molar-refractivity contribution >= 4 is 5.91 Å². The molecule has 0 aliphatic heterocycles. The summed E-state index contributed by atoms with van der Waals surface area (Å²) in [6.45, 7) is 11.5. The summed E-state index contributed by atoms with van der Waals surface area (Å²) in [7, 11) is 7.51. The Kier molecular flexibility index (Phi) is 18.0. The van der Waals surface area contributed by atoms with E-state index < -0.39 is 0 Å². The highest BCUT2D eigenvalue weighted by atomic mass is 16.5. The molecule has 1 amide bonds. The van der Waals surface area contributed by atoms with Gasteiger partial charge in [-0.15, -0.1) is 0 Å². The summed E-state index contributed by atoms with van der Waals surface area (Å²) in [5.74, 6) is 0.182. The lowest BCUT2D eigenvalue weighted by molar-refractivity contribution is -0.839. The smallest absolute Gasteiger partial charge is 0.223 e. The predicted octanol–water partition coefficient (Wildman–Crippen LogP) is 6.86. The third-order valence-corrected chi connectivity index (χ3v) is 6.75. The Labute approximate surface area is 218 Å². The summed E-state index contributed by atoms with van der Waals surface area (Å²) in [4.78, 5) is 17.3. The largest absolute Gasteiger partial charge is 0.633 e. The molecule has 0 atom stereocenters. The summed E-state index contributed by atoms with van der Waals surface area (Å²) in [6, 6.07) is 10.6. The standard InChI is InChI=1S/C23H40N2O2.C7H17N/c1-6-9-16-23(17-10-7-2,21-14-12-11-13-15-21)20-22(26)24(8-3)18-19-25(4,5)27;1-4-5-6-7-8(2)3/h11-15H,6-10,16-20H2,1-5H3;4-7H2,1-3H3. The van der Waals surface area contributed by atoms with Gasteiger partial charge in [0, 0.05) is 18.4 Å². The first-order chi connectivity index (χ1) is 16.5. The molecule has 0 saturated carbocycles. The summed E-state index contributed by atoms with van der Waals surface area (Å²) in [6.07, 6.45) is 11.2. The van der Waals surface area contributed by atoms with Crippen LogP contribution < -0.4 is 0 Å². The summed E-state index contributed by atoms with van der Waals surface area (Å²) in [5, 5.41) is 11.9. The lowest BCUT2D eigenvalue weighted by Gasteiger charge is -2.38. The Balaban J connectivity index is 0.00000124. The zero-order valence-electron chi connectivity index (χ0n) is 24.4. The van der Waals surface area contributed by atoms with Crippen molar-refractivity contribution in [3.8, 4) is 0 Å². The topological polar surface area (TPSA) is 46.6 Å². The predicted molar refractivity (Wildman–Crippen MR) is 152 cm³/mol. The van der Waals surface area contributed by atoms with E-state index in [1.54, 1.807) is 14.1 Å². The van der Waals surface area contributed by atoms with Crippen molar-refractivity contribution in [3.05, 3.63) is 41.1 Å². The average Bonchev–Trinajstić information content (AvgIpc) is 2.81. The highest BCUT2D eigenvalue weighted by Crippen LogP contribution is 2.39. The van der Waals surface area contributed by atoms with Crippen molar-refractivity contribution < 1.29 is 9.44 Å². The Bertz CT molecular complexity index is 633. The molecular weight excluding hydrogens is 434 g/mol. The van der Waals surface area contributed by atoms with Crippen LogP contribution in [0, 0.1) is 5.21 Å². The van der Waals surface area contributed by atoms with Gasteiger partial charge >= 0.3 is 0 Å². The second-order valence-corrected chi connectivity index (χ2v) is 10.8. The van der Waals surface area contributed by atoms with Crippen LogP contribution in [-0.4, -0.2) is 74.7 Å². The average molecular weight is 492 g/mol. The number of rotatable bonds is 17. The first kappa shape index (κ1) is 33.6. The van der Waals surface area contributed by atoms with Crippen LogP contribution in [0.5, 0.6) is 0 Å². The minimum Gasteiger partial charge on any atom is -0.633 e. The number of carbonyl (C=O) groups excluding carboxylic acids is 1. The van der Waals surface area contributed by atoms with E-state index >= 15 is 0 Å². The van der Waals surface area contributed by atoms with E-state index in [2.05, 4.69) is 64.0 Å². The van der Waals surface area contributed by atoms with Crippen molar-refractivity contribution in [1.29, 1.82) is 0 Å². The fraction of sp³-hybridized carbons (Fsp3) is 0.767. The SMILES string of the molecule is CCCCC(CCCC)(CC(=O)N(CC)CC[N+](C)(C)[O-])c1ccccc1.CCCCCN(C)C. The van der Waals surface area contributed by atoms with Crippen molar-refractivity contribution in [3.63, 3.8) is 0 Å². The lowest BCUT2D eigenvalue weighted by atomic mass is 9.70. The van der Waals surface area contributed by atoms with Crippen LogP contribution in [0.15, 0.2) is 30.3 Å². The molecule has 0 bridgehead atoms. The lowest BCUT2D eigenvalue weighted by Crippen LogP contribution is -2.44. The molecule has 0 fully saturated rings. The molecule has 1 rings (SSSR count). The molecule has 0 heterocycles. The molecule has 1 aromatic rings. The van der Waals surface area contributed by atoms with Crippen LogP contribution in [0.3, 0.4) is 0 Å². The summed E-state index contributed by atoms with van der Waals surface area (Å²) in [5.41, 5.74) is 1.19. The molecule has 5 nitrogen and oxygen atoms in total. The molecule has 0 aliphatic carbocycles. The van der Waals surface area contributed by atoms with Crippen molar-refractivity contribution in [2.45, 2.75) is 97.3 Å². The minimum absolute atomic E-state index is 0.0976. The van der Waals surface area contributed by atoms with Crippen LogP contribution in [0.25, 0.3) is 0 Å². The maximum atomic E-state index is 13.2. The molecule has 35 heavy (non-hydrogen) atoms. The Morgan fingerprint density at radius 1 is 0.857 bits per heavy atom. The number of carbonyl (C=O) groups is 1. The number of benzene rings is 1. The maximum Gasteiger partial charge on any atom is 0.223 e. The number of hydrogen-bond acceptors (Lipinski definition) is 3. The fourth-order valence-electron chi connectivity index (χ4n) is 4.41. The highest BCUT2D eigenvalue weighted by Gasteiger charge is 2.35. The third-order valence-electron chi connectivity index (χ3n) is 6.75. The molecule has 5 heteroatoms. The number of likely N-dealkylation sites (N-methyl/N-ethyl adjacent to an activating group) is 2. The number of unbranched alkanes of at least 4 members (excludes halogenated alkanes) is 4. The second kappa shape index (κ2) is 18.8. The molecule has 0 radical (unpaired) electrons. The summed E-state index contributed by atoms with van der Waals surface area (Å²) < 4.78 is -0.362. The number of amides is 1. The molecule has 204 valence electrons. The second-order valence-electron chi connectivity index (χ2n) is 10.8. The first-order valence-corrected chi connectivity index (χ1v) is 14.1. The third kappa shape index (κ3) is 15.3.